The van der Waals surface area contributed by atoms with Gasteiger partial charge in [0, 0.05) is 13.2 Å². The summed E-state index contributed by atoms with van der Waals surface area (Å²) in [6.45, 7) is 1.87. The van der Waals surface area contributed by atoms with E-state index in [-0.39, 0.29) is 11.7 Å². The molecular weight excluding hydrogens is 248 g/mol. The van der Waals surface area contributed by atoms with E-state index in [4.69, 9.17) is 19.3 Å². The molecule has 1 aliphatic heterocycles. The number of hydrogen-bond donors (Lipinski definition) is 1. The summed E-state index contributed by atoms with van der Waals surface area (Å²) in [5.74, 6) is -0.632. The highest BCUT2D eigenvalue weighted by Crippen LogP contribution is 2.21. The van der Waals surface area contributed by atoms with Crippen molar-refractivity contribution in [1.82, 2.24) is 0 Å². The Morgan fingerprint density at radius 2 is 2.16 bits per heavy atom. The zero-order chi connectivity index (χ0) is 13.7. The second-order valence-corrected chi connectivity index (χ2v) is 4.46. The summed E-state index contributed by atoms with van der Waals surface area (Å²) in [6.07, 6.45) is 1.98. The molecule has 0 amide bonds. The molecule has 0 bridgehead atoms. The number of aromatic carboxylic acids is 1. The summed E-state index contributed by atoms with van der Waals surface area (Å²) >= 11 is 0. The second kappa shape index (κ2) is 6.54. The minimum atomic E-state index is -0.996. The van der Waals surface area contributed by atoms with Crippen molar-refractivity contribution in [2.24, 2.45) is 0 Å². The van der Waals surface area contributed by atoms with E-state index in [9.17, 15) is 4.79 Å². The van der Waals surface area contributed by atoms with Gasteiger partial charge in [0.1, 0.15) is 11.3 Å². The van der Waals surface area contributed by atoms with E-state index >= 15 is 0 Å². The predicted molar refractivity (Wildman–Crippen MR) is 68.6 cm³/mol. The van der Waals surface area contributed by atoms with Crippen molar-refractivity contribution < 1.29 is 24.1 Å². The molecule has 5 nitrogen and oxygen atoms in total. The molecule has 1 aromatic carbocycles. The van der Waals surface area contributed by atoms with E-state index in [1.807, 2.05) is 6.07 Å². The Balaban J connectivity index is 2.00. The number of benzene rings is 1. The Morgan fingerprint density at radius 3 is 2.79 bits per heavy atom. The molecule has 1 aromatic rings. The van der Waals surface area contributed by atoms with Crippen molar-refractivity contribution in [3.63, 3.8) is 0 Å². The van der Waals surface area contributed by atoms with Crippen LogP contribution in [-0.2, 0) is 16.1 Å². The summed E-state index contributed by atoms with van der Waals surface area (Å²) in [5.41, 5.74) is 1.00. The molecule has 0 radical (unpaired) electrons. The van der Waals surface area contributed by atoms with Gasteiger partial charge in [0.2, 0.25) is 0 Å². The van der Waals surface area contributed by atoms with Crippen LogP contribution in [0.2, 0.25) is 0 Å². The highest BCUT2D eigenvalue weighted by molar-refractivity contribution is 5.91. The Morgan fingerprint density at radius 1 is 1.42 bits per heavy atom. The zero-order valence-electron chi connectivity index (χ0n) is 10.9. The standard InChI is InChI=1S/C14H18O5/c1-17-13-3-2-10(8-12(13)14(15)16)9-19-11-4-6-18-7-5-11/h2-3,8,11H,4-7,9H2,1H3,(H,15,16). The van der Waals surface area contributed by atoms with Gasteiger partial charge in [-0.3, -0.25) is 0 Å². The highest BCUT2D eigenvalue weighted by atomic mass is 16.5. The van der Waals surface area contributed by atoms with Gasteiger partial charge in [-0.05, 0) is 30.5 Å². The molecule has 0 unspecified atom stereocenters. The van der Waals surface area contributed by atoms with E-state index in [1.54, 1.807) is 12.1 Å². The van der Waals surface area contributed by atoms with Gasteiger partial charge in [0.05, 0.1) is 19.8 Å². The number of ether oxygens (including phenoxy) is 3. The topological polar surface area (TPSA) is 65.0 Å². The van der Waals surface area contributed by atoms with Crippen LogP contribution in [0.5, 0.6) is 5.75 Å². The third-order valence-corrected chi connectivity index (χ3v) is 3.15. The second-order valence-electron chi connectivity index (χ2n) is 4.46. The fourth-order valence-electron chi connectivity index (χ4n) is 2.07. The quantitative estimate of drug-likeness (QED) is 0.884. The van der Waals surface area contributed by atoms with Gasteiger partial charge in [-0.25, -0.2) is 4.79 Å². The van der Waals surface area contributed by atoms with Crippen molar-refractivity contribution in [2.75, 3.05) is 20.3 Å². The molecule has 0 aromatic heterocycles. The van der Waals surface area contributed by atoms with Gasteiger partial charge in [-0.15, -0.1) is 0 Å². The van der Waals surface area contributed by atoms with Gasteiger partial charge in [0.15, 0.2) is 0 Å². The summed E-state index contributed by atoms with van der Waals surface area (Å²) in [4.78, 5) is 11.1. The Kier molecular flexibility index (Phi) is 4.76. The van der Waals surface area contributed by atoms with Gasteiger partial charge >= 0.3 is 5.97 Å². The number of rotatable bonds is 5. The van der Waals surface area contributed by atoms with Crippen molar-refractivity contribution in [3.05, 3.63) is 29.3 Å². The third-order valence-electron chi connectivity index (χ3n) is 3.15. The molecule has 0 saturated carbocycles. The molecule has 19 heavy (non-hydrogen) atoms. The van der Waals surface area contributed by atoms with Crippen molar-refractivity contribution >= 4 is 5.97 Å². The number of hydrogen-bond acceptors (Lipinski definition) is 4. The summed E-state index contributed by atoms with van der Waals surface area (Å²) in [7, 11) is 1.46. The van der Waals surface area contributed by atoms with Crippen LogP contribution in [0.4, 0.5) is 0 Å². The Hall–Kier alpha value is -1.59. The first-order valence-electron chi connectivity index (χ1n) is 6.30. The molecule has 0 aliphatic carbocycles. The Bertz CT molecular complexity index is 437. The lowest BCUT2D eigenvalue weighted by atomic mass is 10.1. The lowest BCUT2D eigenvalue weighted by molar-refractivity contribution is -0.0390. The van der Waals surface area contributed by atoms with Crippen LogP contribution in [0, 0.1) is 0 Å². The number of methoxy groups -OCH3 is 1. The summed E-state index contributed by atoms with van der Waals surface area (Å²) < 4.78 is 16.0. The largest absolute Gasteiger partial charge is 0.496 e. The van der Waals surface area contributed by atoms with Gasteiger partial charge < -0.3 is 19.3 Å². The highest BCUT2D eigenvalue weighted by Gasteiger charge is 2.15. The summed E-state index contributed by atoms with van der Waals surface area (Å²) in [6, 6.07) is 5.08. The maximum atomic E-state index is 11.1. The molecular formula is C14H18O5. The minimum absolute atomic E-state index is 0.163. The van der Waals surface area contributed by atoms with E-state index in [0.717, 1.165) is 31.6 Å². The molecule has 1 aliphatic rings. The van der Waals surface area contributed by atoms with Crippen LogP contribution < -0.4 is 4.74 Å². The fourth-order valence-corrected chi connectivity index (χ4v) is 2.07. The van der Waals surface area contributed by atoms with Gasteiger partial charge in [-0.1, -0.05) is 6.07 Å². The van der Waals surface area contributed by atoms with Gasteiger partial charge in [-0.2, -0.15) is 0 Å². The van der Waals surface area contributed by atoms with E-state index < -0.39 is 5.97 Å². The molecule has 1 fully saturated rings. The first kappa shape index (κ1) is 13.8. The number of carboxylic acid groups (broad SMARTS) is 1. The monoisotopic (exact) mass is 266 g/mol. The van der Waals surface area contributed by atoms with Crippen LogP contribution >= 0.6 is 0 Å². The average Bonchev–Trinajstić information content (AvgIpc) is 2.46. The number of carboxylic acids is 1. The predicted octanol–water partition coefficient (Wildman–Crippen LogP) is 2.09. The molecule has 1 heterocycles. The molecule has 5 heteroatoms. The minimum Gasteiger partial charge on any atom is -0.496 e. The zero-order valence-corrected chi connectivity index (χ0v) is 10.9. The van der Waals surface area contributed by atoms with Crippen LogP contribution in [-0.4, -0.2) is 37.5 Å². The van der Waals surface area contributed by atoms with E-state index in [2.05, 4.69) is 0 Å². The first-order valence-corrected chi connectivity index (χ1v) is 6.30. The van der Waals surface area contributed by atoms with Crippen molar-refractivity contribution in [2.45, 2.75) is 25.6 Å². The molecule has 0 atom stereocenters. The van der Waals surface area contributed by atoms with Crippen molar-refractivity contribution in [1.29, 1.82) is 0 Å². The first-order chi connectivity index (χ1) is 9.20. The third kappa shape index (κ3) is 3.68. The van der Waals surface area contributed by atoms with Gasteiger partial charge in [0.25, 0.3) is 0 Å². The molecule has 1 saturated heterocycles. The van der Waals surface area contributed by atoms with E-state index in [0.29, 0.717) is 12.4 Å². The lowest BCUT2D eigenvalue weighted by Crippen LogP contribution is -2.23. The van der Waals surface area contributed by atoms with Crippen LogP contribution in [0.3, 0.4) is 0 Å². The fraction of sp³-hybridized carbons (Fsp3) is 0.500. The Labute approximate surface area is 112 Å². The van der Waals surface area contributed by atoms with E-state index in [1.165, 1.54) is 7.11 Å². The van der Waals surface area contributed by atoms with Crippen molar-refractivity contribution in [3.8, 4) is 5.75 Å². The van der Waals surface area contributed by atoms with Crippen LogP contribution in [0.1, 0.15) is 28.8 Å². The molecule has 1 N–H and O–H groups in total. The molecule has 2 rings (SSSR count). The summed E-state index contributed by atoms with van der Waals surface area (Å²) in [5, 5.41) is 9.10. The molecule has 0 spiro atoms. The maximum absolute atomic E-state index is 11.1. The maximum Gasteiger partial charge on any atom is 0.339 e. The lowest BCUT2D eigenvalue weighted by Gasteiger charge is -2.22. The normalized spacial score (nSPS) is 16.3. The molecule has 104 valence electrons. The van der Waals surface area contributed by atoms with Crippen LogP contribution in [0.15, 0.2) is 18.2 Å². The van der Waals surface area contributed by atoms with Crippen LogP contribution in [0.25, 0.3) is 0 Å². The number of carbonyl (C=O) groups is 1. The smallest absolute Gasteiger partial charge is 0.339 e. The SMILES string of the molecule is COc1ccc(COC2CCOCC2)cc1C(=O)O. The average molecular weight is 266 g/mol.